The van der Waals surface area contributed by atoms with Crippen LogP contribution in [0.2, 0.25) is 0 Å². The molecule has 0 unspecified atom stereocenters. The Morgan fingerprint density at radius 2 is 1.79 bits per heavy atom. The molecule has 4 rings (SSSR count). The van der Waals surface area contributed by atoms with Crippen molar-refractivity contribution in [3.63, 3.8) is 0 Å². The van der Waals surface area contributed by atoms with Crippen LogP contribution in [0.3, 0.4) is 0 Å². The monoisotopic (exact) mass is 444 g/mol. The van der Waals surface area contributed by atoms with Gasteiger partial charge in [-0.15, -0.1) is 0 Å². The number of nitrogens with zero attached hydrogens (tertiary/aromatic N) is 3. The molecular formula is C26H25FN4O2. The second kappa shape index (κ2) is 10.5. The van der Waals surface area contributed by atoms with Crippen LogP contribution in [0.15, 0.2) is 79.0 Å². The van der Waals surface area contributed by atoms with E-state index in [1.807, 2.05) is 55.5 Å². The zero-order valence-corrected chi connectivity index (χ0v) is 18.4. The van der Waals surface area contributed by atoms with E-state index in [4.69, 9.17) is 9.84 Å². The number of amides is 1. The van der Waals surface area contributed by atoms with Gasteiger partial charge in [-0.3, -0.25) is 9.78 Å². The topological polar surface area (TPSA) is 69.0 Å². The molecule has 168 valence electrons. The summed E-state index contributed by atoms with van der Waals surface area (Å²) in [7, 11) is 0. The van der Waals surface area contributed by atoms with Crippen molar-refractivity contribution >= 4 is 5.91 Å². The van der Waals surface area contributed by atoms with Gasteiger partial charge in [-0.05, 0) is 49.2 Å². The van der Waals surface area contributed by atoms with Gasteiger partial charge in [-0.1, -0.05) is 43.3 Å². The molecular weight excluding hydrogens is 419 g/mol. The molecule has 0 atom stereocenters. The van der Waals surface area contributed by atoms with Gasteiger partial charge in [-0.2, -0.15) is 5.10 Å². The Hall–Kier alpha value is -4.00. The number of aryl methyl sites for hydroxylation is 1. The smallest absolute Gasteiger partial charge is 0.226 e. The van der Waals surface area contributed by atoms with Gasteiger partial charge in [0.1, 0.15) is 0 Å². The fourth-order valence-electron chi connectivity index (χ4n) is 3.51. The average Bonchev–Trinajstić information content (AvgIpc) is 3.21. The van der Waals surface area contributed by atoms with Gasteiger partial charge in [0, 0.05) is 18.2 Å². The van der Waals surface area contributed by atoms with Crippen molar-refractivity contribution in [2.24, 2.45) is 0 Å². The fourth-order valence-corrected chi connectivity index (χ4v) is 3.51. The molecule has 33 heavy (non-hydrogen) atoms. The SMILES string of the molecule is CCc1nn(-c2ccccc2)c(Oc2ccccc2F)c1CCC(=O)NCc1ccccn1. The maximum atomic E-state index is 14.4. The van der Waals surface area contributed by atoms with E-state index >= 15 is 0 Å². The van der Waals surface area contributed by atoms with Crippen LogP contribution in [-0.4, -0.2) is 20.7 Å². The van der Waals surface area contributed by atoms with Crippen molar-refractivity contribution in [2.45, 2.75) is 32.7 Å². The summed E-state index contributed by atoms with van der Waals surface area (Å²) in [5.74, 6) is -0.0406. The summed E-state index contributed by atoms with van der Waals surface area (Å²) < 4.78 is 22.1. The Balaban J connectivity index is 1.59. The van der Waals surface area contributed by atoms with Crippen molar-refractivity contribution in [2.75, 3.05) is 0 Å². The Morgan fingerprint density at radius 1 is 1.03 bits per heavy atom. The van der Waals surface area contributed by atoms with Gasteiger partial charge in [0.2, 0.25) is 11.8 Å². The highest BCUT2D eigenvalue weighted by atomic mass is 19.1. The Bertz CT molecular complexity index is 1210. The van der Waals surface area contributed by atoms with Crippen molar-refractivity contribution < 1.29 is 13.9 Å². The molecule has 0 saturated heterocycles. The number of carbonyl (C=O) groups is 1. The lowest BCUT2D eigenvalue weighted by Crippen LogP contribution is -2.23. The number of aromatic nitrogens is 3. The zero-order valence-electron chi connectivity index (χ0n) is 18.4. The lowest BCUT2D eigenvalue weighted by Gasteiger charge is -2.12. The van der Waals surface area contributed by atoms with Gasteiger partial charge in [-0.25, -0.2) is 9.07 Å². The van der Waals surface area contributed by atoms with E-state index in [0.717, 1.165) is 22.6 Å². The number of halogens is 1. The van der Waals surface area contributed by atoms with Gasteiger partial charge >= 0.3 is 0 Å². The van der Waals surface area contributed by atoms with E-state index in [0.29, 0.717) is 25.3 Å². The molecule has 7 heteroatoms. The number of hydrogen-bond donors (Lipinski definition) is 1. The minimum absolute atomic E-state index is 0.105. The van der Waals surface area contributed by atoms with Gasteiger partial charge in [0.25, 0.3) is 0 Å². The third-order valence-corrected chi connectivity index (χ3v) is 5.19. The number of pyridine rings is 1. The van der Waals surface area contributed by atoms with Crippen LogP contribution in [0.25, 0.3) is 5.69 Å². The first-order chi connectivity index (χ1) is 16.2. The van der Waals surface area contributed by atoms with Crippen molar-refractivity contribution in [3.05, 3.63) is 102 Å². The molecule has 0 aliphatic heterocycles. The van der Waals surface area contributed by atoms with Crippen LogP contribution in [0, 0.1) is 5.82 Å². The molecule has 0 bridgehead atoms. The van der Waals surface area contributed by atoms with Crippen molar-refractivity contribution in [1.29, 1.82) is 0 Å². The van der Waals surface area contributed by atoms with Crippen molar-refractivity contribution in [1.82, 2.24) is 20.1 Å². The molecule has 1 N–H and O–H groups in total. The average molecular weight is 445 g/mol. The normalized spacial score (nSPS) is 10.7. The highest BCUT2D eigenvalue weighted by Gasteiger charge is 2.22. The highest BCUT2D eigenvalue weighted by molar-refractivity contribution is 5.76. The first kappa shape index (κ1) is 22.2. The molecule has 6 nitrogen and oxygen atoms in total. The van der Waals surface area contributed by atoms with Crippen LogP contribution in [0.4, 0.5) is 4.39 Å². The molecule has 1 amide bonds. The number of benzene rings is 2. The van der Waals surface area contributed by atoms with E-state index in [1.54, 1.807) is 29.1 Å². The number of hydrogen-bond acceptors (Lipinski definition) is 4. The minimum Gasteiger partial charge on any atom is -0.436 e. The fraction of sp³-hybridized carbons (Fsp3) is 0.192. The van der Waals surface area contributed by atoms with Crippen LogP contribution < -0.4 is 10.1 Å². The molecule has 2 aromatic carbocycles. The first-order valence-corrected chi connectivity index (χ1v) is 10.9. The molecule has 0 aliphatic rings. The summed E-state index contributed by atoms with van der Waals surface area (Å²) in [4.78, 5) is 16.7. The predicted octanol–water partition coefficient (Wildman–Crippen LogP) is 5.01. The van der Waals surface area contributed by atoms with Gasteiger partial charge < -0.3 is 10.1 Å². The zero-order chi connectivity index (χ0) is 23.0. The van der Waals surface area contributed by atoms with E-state index in [1.165, 1.54) is 6.07 Å². The van der Waals surface area contributed by atoms with Crippen LogP contribution in [0.5, 0.6) is 11.6 Å². The van der Waals surface area contributed by atoms with Crippen LogP contribution in [-0.2, 0) is 24.2 Å². The summed E-state index contributed by atoms with van der Waals surface area (Å²) in [5, 5.41) is 7.62. The Morgan fingerprint density at radius 3 is 2.52 bits per heavy atom. The van der Waals surface area contributed by atoms with E-state index in [9.17, 15) is 9.18 Å². The highest BCUT2D eigenvalue weighted by Crippen LogP contribution is 2.33. The van der Waals surface area contributed by atoms with Crippen molar-refractivity contribution in [3.8, 4) is 17.3 Å². The largest absolute Gasteiger partial charge is 0.436 e. The summed E-state index contributed by atoms with van der Waals surface area (Å²) in [6.07, 6.45) is 3.00. The summed E-state index contributed by atoms with van der Waals surface area (Å²) in [6, 6.07) is 21.4. The van der Waals surface area contributed by atoms with E-state index in [2.05, 4.69) is 10.3 Å². The maximum Gasteiger partial charge on any atom is 0.226 e. The molecule has 0 radical (unpaired) electrons. The molecule has 0 aliphatic carbocycles. The van der Waals surface area contributed by atoms with Crippen LogP contribution >= 0.6 is 0 Å². The summed E-state index contributed by atoms with van der Waals surface area (Å²) >= 11 is 0. The second-order valence-electron chi connectivity index (χ2n) is 7.46. The first-order valence-electron chi connectivity index (χ1n) is 10.9. The van der Waals surface area contributed by atoms with E-state index in [-0.39, 0.29) is 18.1 Å². The lowest BCUT2D eigenvalue weighted by atomic mass is 10.1. The number of carbonyl (C=O) groups excluding carboxylic acids is 1. The van der Waals surface area contributed by atoms with E-state index < -0.39 is 5.82 Å². The third-order valence-electron chi connectivity index (χ3n) is 5.19. The Kier molecular flexibility index (Phi) is 7.09. The Labute approximate surface area is 192 Å². The molecule has 0 saturated carbocycles. The molecule has 2 aromatic heterocycles. The number of ether oxygens (including phenoxy) is 1. The molecule has 0 spiro atoms. The van der Waals surface area contributed by atoms with Gasteiger partial charge in [0.05, 0.1) is 23.6 Å². The standard InChI is InChI=1S/C26H25FN4O2/c1-2-23-21(15-16-25(32)29-18-19-10-8-9-17-28-19)26(33-24-14-7-6-13-22(24)27)31(30-23)20-11-4-3-5-12-20/h3-14,17H,2,15-16,18H2,1H3,(H,29,32). The second-order valence-corrected chi connectivity index (χ2v) is 7.46. The molecule has 0 fully saturated rings. The quantitative estimate of drug-likeness (QED) is 0.394. The predicted molar refractivity (Wildman–Crippen MR) is 124 cm³/mol. The van der Waals surface area contributed by atoms with Gasteiger partial charge in [0.15, 0.2) is 11.6 Å². The number of para-hydroxylation sites is 2. The number of nitrogens with one attached hydrogen (secondary N) is 1. The molecule has 4 aromatic rings. The number of rotatable bonds is 9. The third kappa shape index (κ3) is 5.44. The lowest BCUT2D eigenvalue weighted by molar-refractivity contribution is -0.121. The summed E-state index contributed by atoms with van der Waals surface area (Å²) in [5.41, 5.74) is 3.19. The van der Waals surface area contributed by atoms with Crippen LogP contribution in [0.1, 0.15) is 30.3 Å². The maximum absolute atomic E-state index is 14.4. The minimum atomic E-state index is -0.463. The summed E-state index contributed by atoms with van der Waals surface area (Å²) in [6.45, 7) is 2.36. The molecule has 2 heterocycles.